The van der Waals surface area contributed by atoms with Gasteiger partial charge in [-0.05, 0) is 30.3 Å². The molecule has 0 bridgehead atoms. The average Bonchev–Trinajstić information content (AvgIpc) is 2.45. The fourth-order valence-electron chi connectivity index (χ4n) is 2.37. The zero-order valence-electron chi connectivity index (χ0n) is 11.6. The van der Waals surface area contributed by atoms with E-state index in [1.165, 1.54) is 11.2 Å². The van der Waals surface area contributed by atoms with E-state index in [2.05, 4.69) is 17.5 Å². The van der Waals surface area contributed by atoms with Crippen LogP contribution in [0.2, 0.25) is 0 Å². The molecule has 1 aliphatic rings. The first-order chi connectivity index (χ1) is 10.0. The molecule has 2 aromatic rings. The quantitative estimate of drug-likeness (QED) is 0.805. The average molecular weight is 317 g/mol. The topological polar surface area (TPSA) is 37.4 Å². The van der Waals surface area contributed by atoms with E-state index >= 15 is 0 Å². The number of hydrogen-bond acceptors (Lipinski definition) is 4. The number of benzene rings is 2. The maximum Gasteiger partial charge on any atom is 0.175 e. The molecule has 1 aliphatic heterocycles. The van der Waals surface area contributed by atoms with Gasteiger partial charge < -0.3 is 4.90 Å². The van der Waals surface area contributed by atoms with Crippen LogP contribution in [0.1, 0.15) is 0 Å². The van der Waals surface area contributed by atoms with Crippen LogP contribution >= 0.6 is 11.8 Å². The zero-order chi connectivity index (χ0) is 15.0. The second kappa shape index (κ2) is 5.24. The Labute approximate surface area is 129 Å². The fraction of sp³-hybridized carbons (Fsp3) is 0.125. The standard InChI is InChI=1S/C16H15NO2S2/c1-3-10-17-13-6-4-5-7-15(13)20-16-9-8-12(11-14(16)17)21(2,18)19/h3-9,11H,1,10H2,2H3. The molecule has 0 atom stereocenters. The number of anilines is 2. The molecule has 3 nitrogen and oxygen atoms in total. The molecule has 5 heteroatoms. The Bertz CT molecular complexity index is 813. The van der Waals surface area contributed by atoms with Crippen LogP contribution in [0.4, 0.5) is 11.4 Å². The molecule has 0 unspecified atom stereocenters. The molecule has 0 radical (unpaired) electrons. The summed E-state index contributed by atoms with van der Waals surface area (Å²) in [5.41, 5.74) is 2.00. The number of para-hydroxylation sites is 1. The van der Waals surface area contributed by atoms with Gasteiger partial charge in [0.2, 0.25) is 0 Å². The van der Waals surface area contributed by atoms with Crippen molar-refractivity contribution in [3.63, 3.8) is 0 Å². The molecule has 2 aromatic carbocycles. The number of sulfone groups is 1. The van der Waals surface area contributed by atoms with Crippen LogP contribution in [0.25, 0.3) is 0 Å². The molecule has 0 aromatic heterocycles. The van der Waals surface area contributed by atoms with Crippen molar-refractivity contribution in [2.24, 2.45) is 0 Å². The third kappa shape index (κ3) is 2.59. The van der Waals surface area contributed by atoms with Crippen LogP contribution in [-0.2, 0) is 9.84 Å². The van der Waals surface area contributed by atoms with Crippen LogP contribution < -0.4 is 4.90 Å². The normalized spacial score (nSPS) is 13.5. The predicted molar refractivity (Wildman–Crippen MR) is 87.3 cm³/mol. The van der Waals surface area contributed by atoms with Gasteiger partial charge in [-0.2, -0.15) is 0 Å². The van der Waals surface area contributed by atoms with Gasteiger partial charge in [0.15, 0.2) is 9.84 Å². The van der Waals surface area contributed by atoms with E-state index in [1.807, 2.05) is 30.3 Å². The SMILES string of the molecule is C=CCN1c2ccccc2Sc2ccc(S(C)(=O)=O)cc21. The highest BCUT2D eigenvalue weighted by molar-refractivity contribution is 7.99. The third-order valence-corrected chi connectivity index (χ3v) is 5.58. The van der Waals surface area contributed by atoms with Crippen LogP contribution in [0.3, 0.4) is 0 Å². The summed E-state index contributed by atoms with van der Waals surface area (Å²) in [6.45, 7) is 4.44. The molecule has 3 rings (SSSR count). The molecule has 0 amide bonds. The minimum Gasteiger partial charge on any atom is -0.336 e. The minimum absolute atomic E-state index is 0.343. The number of rotatable bonds is 3. The Balaban J connectivity index is 2.19. The van der Waals surface area contributed by atoms with Crippen LogP contribution in [0.5, 0.6) is 0 Å². The smallest absolute Gasteiger partial charge is 0.175 e. The Kier molecular flexibility index (Phi) is 3.55. The first-order valence-electron chi connectivity index (χ1n) is 6.50. The van der Waals surface area contributed by atoms with Gasteiger partial charge in [-0.1, -0.05) is 30.0 Å². The molecular weight excluding hydrogens is 302 g/mol. The van der Waals surface area contributed by atoms with Crippen molar-refractivity contribution in [3.05, 3.63) is 55.1 Å². The maximum atomic E-state index is 11.8. The van der Waals surface area contributed by atoms with E-state index < -0.39 is 9.84 Å². The van der Waals surface area contributed by atoms with E-state index in [9.17, 15) is 8.42 Å². The van der Waals surface area contributed by atoms with E-state index in [4.69, 9.17) is 0 Å². The summed E-state index contributed by atoms with van der Waals surface area (Å²) in [4.78, 5) is 4.67. The zero-order valence-corrected chi connectivity index (χ0v) is 13.2. The minimum atomic E-state index is -3.21. The van der Waals surface area contributed by atoms with Crippen molar-refractivity contribution in [1.82, 2.24) is 0 Å². The monoisotopic (exact) mass is 317 g/mol. The molecule has 108 valence electrons. The van der Waals surface area contributed by atoms with Crippen LogP contribution in [0.15, 0.2) is 69.8 Å². The highest BCUT2D eigenvalue weighted by Gasteiger charge is 2.23. The molecule has 0 aliphatic carbocycles. The summed E-state index contributed by atoms with van der Waals surface area (Å²) in [6, 6.07) is 13.4. The molecule has 1 heterocycles. The van der Waals surface area contributed by atoms with Gasteiger partial charge in [-0.15, -0.1) is 6.58 Å². The van der Waals surface area contributed by atoms with Crippen molar-refractivity contribution in [3.8, 4) is 0 Å². The van der Waals surface area contributed by atoms with Gasteiger partial charge >= 0.3 is 0 Å². The molecular formula is C16H15NO2S2. The largest absolute Gasteiger partial charge is 0.336 e. The van der Waals surface area contributed by atoms with Crippen molar-refractivity contribution in [2.75, 3.05) is 17.7 Å². The fourth-order valence-corrected chi connectivity index (χ4v) is 4.08. The van der Waals surface area contributed by atoms with Crippen molar-refractivity contribution in [1.29, 1.82) is 0 Å². The predicted octanol–water partition coefficient (Wildman–Crippen LogP) is 3.88. The molecule has 0 saturated heterocycles. The molecule has 0 spiro atoms. The first-order valence-corrected chi connectivity index (χ1v) is 9.21. The maximum absolute atomic E-state index is 11.8. The summed E-state index contributed by atoms with van der Waals surface area (Å²) in [5, 5.41) is 0. The Morgan fingerprint density at radius 3 is 2.57 bits per heavy atom. The van der Waals surface area contributed by atoms with Gasteiger partial charge in [0.25, 0.3) is 0 Å². The molecule has 21 heavy (non-hydrogen) atoms. The van der Waals surface area contributed by atoms with E-state index in [0.717, 1.165) is 16.3 Å². The molecule has 0 saturated carbocycles. The van der Waals surface area contributed by atoms with Gasteiger partial charge in [0, 0.05) is 22.6 Å². The van der Waals surface area contributed by atoms with Gasteiger partial charge in [-0.3, -0.25) is 0 Å². The Hall–Kier alpha value is -1.72. The molecule has 0 fully saturated rings. The van der Waals surface area contributed by atoms with Gasteiger partial charge in [-0.25, -0.2) is 8.42 Å². The lowest BCUT2D eigenvalue weighted by molar-refractivity contribution is 0.602. The van der Waals surface area contributed by atoms with Gasteiger partial charge in [0.1, 0.15) is 0 Å². The van der Waals surface area contributed by atoms with Crippen molar-refractivity contribution in [2.45, 2.75) is 14.7 Å². The third-order valence-electron chi connectivity index (χ3n) is 3.34. The Morgan fingerprint density at radius 2 is 1.86 bits per heavy atom. The van der Waals surface area contributed by atoms with Crippen molar-refractivity contribution < 1.29 is 8.42 Å². The summed E-state index contributed by atoms with van der Waals surface area (Å²) in [5.74, 6) is 0. The lowest BCUT2D eigenvalue weighted by atomic mass is 10.2. The number of fused-ring (bicyclic) bond motifs is 2. The summed E-state index contributed by atoms with van der Waals surface area (Å²) < 4.78 is 23.6. The van der Waals surface area contributed by atoms with E-state index in [0.29, 0.717) is 11.4 Å². The highest BCUT2D eigenvalue weighted by Crippen LogP contribution is 2.48. The first kappa shape index (κ1) is 14.2. The second-order valence-electron chi connectivity index (χ2n) is 4.87. The van der Waals surface area contributed by atoms with E-state index in [-0.39, 0.29) is 0 Å². The van der Waals surface area contributed by atoms with Crippen LogP contribution in [0, 0.1) is 0 Å². The van der Waals surface area contributed by atoms with Crippen molar-refractivity contribution >= 4 is 33.0 Å². The lowest BCUT2D eigenvalue weighted by Crippen LogP contribution is -2.21. The number of hydrogen-bond donors (Lipinski definition) is 0. The highest BCUT2D eigenvalue weighted by atomic mass is 32.2. The lowest BCUT2D eigenvalue weighted by Gasteiger charge is -2.32. The van der Waals surface area contributed by atoms with Gasteiger partial charge in [0.05, 0.1) is 16.3 Å². The number of nitrogens with zero attached hydrogens (tertiary/aromatic N) is 1. The van der Waals surface area contributed by atoms with Crippen LogP contribution in [-0.4, -0.2) is 21.2 Å². The van der Waals surface area contributed by atoms with E-state index in [1.54, 1.807) is 23.9 Å². The summed E-state index contributed by atoms with van der Waals surface area (Å²) in [7, 11) is -3.21. The summed E-state index contributed by atoms with van der Waals surface area (Å²) >= 11 is 1.66. The second-order valence-corrected chi connectivity index (χ2v) is 7.97. The molecule has 0 N–H and O–H groups in total. The Morgan fingerprint density at radius 1 is 1.14 bits per heavy atom. The summed E-state index contributed by atoms with van der Waals surface area (Å²) in [6.07, 6.45) is 3.06.